The van der Waals surface area contributed by atoms with Gasteiger partial charge in [0.1, 0.15) is 17.4 Å². The van der Waals surface area contributed by atoms with Gasteiger partial charge >= 0.3 is 11.9 Å². The summed E-state index contributed by atoms with van der Waals surface area (Å²) in [6.07, 6.45) is 0.321. The van der Waals surface area contributed by atoms with Crippen molar-refractivity contribution in [2.75, 3.05) is 0 Å². The van der Waals surface area contributed by atoms with E-state index in [1.54, 1.807) is 18.2 Å². The smallest absolute Gasteiger partial charge is 0.439 e. The molecule has 2 aromatic heterocycles. The fourth-order valence-corrected chi connectivity index (χ4v) is 5.62. The third-order valence-corrected chi connectivity index (χ3v) is 7.90. The molecule has 0 saturated carbocycles. The lowest BCUT2D eigenvalue weighted by atomic mass is 10.1. The van der Waals surface area contributed by atoms with Crippen LogP contribution in [0.5, 0.6) is 5.75 Å². The fraction of sp³-hybridized carbons (Fsp3) is 0.233. The van der Waals surface area contributed by atoms with Crippen molar-refractivity contribution in [2.24, 2.45) is 0 Å². The highest BCUT2D eigenvalue weighted by Crippen LogP contribution is 2.35. The van der Waals surface area contributed by atoms with Crippen LogP contribution in [0.15, 0.2) is 82.1 Å². The monoisotopic (exact) mass is 599 g/mol. The molecule has 0 aliphatic rings. The number of thiazole rings is 1. The van der Waals surface area contributed by atoms with Crippen LogP contribution in [0, 0.1) is 0 Å². The SMILES string of the molecule is O=c1[nH]c(-c2ccc(OCc3sc(-c4ccc(C(F)(F)F)cc4)nc3CCCCCc3ccccc3)cc2Cl)no1. The maximum Gasteiger partial charge on any atom is 0.439 e. The van der Waals surface area contributed by atoms with Gasteiger partial charge in [0.05, 0.1) is 21.2 Å². The number of halogens is 4. The number of H-pyrrole nitrogens is 1. The molecule has 0 fully saturated rings. The van der Waals surface area contributed by atoms with Gasteiger partial charge in [0.25, 0.3) is 0 Å². The number of benzene rings is 3. The van der Waals surface area contributed by atoms with Crippen LogP contribution in [0.25, 0.3) is 22.0 Å². The summed E-state index contributed by atoms with van der Waals surface area (Å²) in [4.78, 5) is 19.4. The number of unbranched alkanes of at least 4 members (excludes halogenated alkanes) is 2. The van der Waals surface area contributed by atoms with Crippen molar-refractivity contribution in [3.63, 3.8) is 0 Å². The van der Waals surface area contributed by atoms with E-state index in [2.05, 4.69) is 26.8 Å². The molecule has 212 valence electrons. The Kier molecular flexibility index (Phi) is 8.90. The van der Waals surface area contributed by atoms with Crippen molar-refractivity contribution in [1.82, 2.24) is 15.1 Å². The number of rotatable bonds is 11. The van der Waals surface area contributed by atoms with Crippen LogP contribution in [0.1, 0.15) is 41.0 Å². The molecule has 11 heteroatoms. The third kappa shape index (κ3) is 7.45. The van der Waals surface area contributed by atoms with Gasteiger partial charge in [-0.1, -0.05) is 65.6 Å². The van der Waals surface area contributed by atoms with Crippen molar-refractivity contribution in [3.8, 4) is 27.7 Å². The second-order valence-electron chi connectivity index (χ2n) is 9.38. The van der Waals surface area contributed by atoms with Crippen LogP contribution >= 0.6 is 22.9 Å². The highest BCUT2D eigenvalue weighted by molar-refractivity contribution is 7.15. The molecule has 0 aliphatic carbocycles. The zero-order chi connectivity index (χ0) is 28.8. The van der Waals surface area contributed by atoms with Gasteiger partial charge in [-0.3, -0.25) is 9.51 Å². The Morgan fingerprint density at radius 2 is 1.71 bits per heavy atom. The summed E-state index contributed by atoms with van der Waals surface area (Å²) >= 11 is 7.78. The molecule has 1 N–H and O–H groups in total. The summed E-state index contributed by atoms with van der Waals surface area (Å²) in [7, 11) is 0. The molecule has 3 aromatic carbocycles. The zero-order valence-electron chi connectivity index (χ0n) is 21.7. The standard InChI is InChI=1S/C30H25ClF3N3O3S/c31-24-17-22(15-16-23(24)27-36-29(38)40-37-27)39-18-26-25(10-6-2-5-9-19-7-3-1-4-8-19)35-28(41-26)20-11-13-21(14-12-20)30(32,33)34/h1,3-4,7-8,11-17H,2,5-6,9-10,18H2,(H,36,37,38). The highest BCUT2D eigenvalue weighted by Gasteiger charge is 2.30. The number of aryl methyl sites for hydroxylation is 2. The summed E-state index contributed by atoms with van der Waals surface area (Å²) in [6, 6.07) is 20.3. The van der Waals surface area contributed by atoms with Gasteiger partial charge < -0.3 is 4.74 Å². The van der Waals surface area contributed by atoms with Crippen molar-refractivity contribution in [1.29, 1.82) is 0 Å². The van der Waals surface area contributed by atoms with Gasteiger partial charge in [0.15, 0.2) is 5.82 Å². The summed E-state index contributed by atoms with van der Waals surface area (Å²) < 4.78 is 49.7. The second-order valence-corrected chi connectivity index (χ2v) is 10.9. The minimum Gasteiger partial charge on any atom is -0.488 e. The molecule has 0 bridgehead atoms. The van der Waals surface area contributed by atoms with E-state index in [0.717, 1.165) is 54.8 Å². The largest absolute Gasteiger partial charge is 0.488 e. The molecule has 5 aromatic rings. The van der Waals surface area contributed by atoms with Gasteiger partial charge in [-0.15, -0.1) is 11.3 Å². The zero-order valence-corrected chi connectivity index (χ0v) is 23.3. The molecule has 0 spiro atoms. The van der Waals surface area contributed by atoms with Crippen LogP contribution in [0.2, 0.25) is 5.02 Å². The molecule has 0 amide bonds. The van der Waals surface area contributed by atoms with Gasteiger partial charge in [-0.05, 0) is 61.6 Å². The number of nitrogens with zero attached hydrogens (tertiary/aromatic N) is 2. The van der Waals surface area contributed by atoms with Crippen molar-refractivity contribution < 1.29 is 22.4 Å². The van der Waals surface area contributed by atoms with E-state index in [1.165, 1.54) is 29.0 Å². The topological polar surface area (TPSA) is 81.0 Å². The Morgan fingerprint density at radius 1 is 0.951 bits per heavy atom. The van der Waals surface area contributed by atoms with Crippen molar-refractivity contribution in [3.05, 3.63) is 110 Å². The Balaban J connectivity index is 1.29. The number of aromatic amines is 1. The van der Waals surface area contributed by atoms with Gasteiger partial charge in [-0.25, -0.2) is 9.78 Å². The van der Waals surface area contributed by atoms with E-state index >= 15 is 0 Å². The van der Waals surface area contributed by atoms with E-state index < -0.39 is 17.5 Å². The van der Waals surface area contributed by atoms with E-state index in [4.69, 9.17) is 21.3 Å². The molecule has 0 unspecified atom stereocenters. The average Bonchev–Trinajstić information content (AvgIpc) is 3.58. The number of hydrogen-bond donors (Lipinski definition) is 1. The van der Waals surface area contributed by atoms with Gasteiger partial charge in [0.2, 0.25) is 0 Å². The minimum absolute atomic E-state index is 0.213. The van der Waals surface area contributed by atoms with Crippen LogP contribution < -0.4 is 10.5 Å². The molecule has 0 aliphatic heterocycles. The van der Waals surface area contributed by atoms with Gasteiger partial charge in [-0.2, -0.15) is 13.2 Å². The Hall–Kier alpha value is -3.89. The van der Waals surface area contributed by atoms with Crippen molar-refractivity contribution >= 4 is 22.9 Å². The van der Waals surface area contributed by atoms with Crippen LogP contribution in [0.3, 0.4) is 0 Å². The first kappa shape index (κ1) is 28.6. The summed E-state index contributed by atoms with van der Waals surface area (Å²) in [5, 5.41) is 4.61. The predicted octanol–water partition coefficient (Wildman–Crippen LogP) is 8.36. The molecular formula is C30H25ClF3N3O3S. The van der Waals surface area contributed by atoms with E-state index in [0.29, 0.717) is 26.9 Å². The average molecular weight is 600 g/mol. The summed E-state index contributed by atoms with van der Waals surface area (Å²) in [5.74, 6) is 0.0330. The third-order valence-electron chi connectivity index (χ3n) is 6.47. The maximum atomic E-state index is 13.1. The number of nitrogens with one attached hydrogen (secondary N) is 1. The van der Waals surface area contributed by atoms with E-state index in [1.807, 2.05) is 18.2 Å². The van der Waals surface area contributed by atoms with Crippen LogP contribution in [-0.2, 0) is 25.6 Å². The lowest BCUT2D eigenvalue weighted by molar-refractivity contribution is -0.137. The van der Waals surface area contributed by atoms with Gasteiger partial charge in [0, 0.05) is 11.1 Å². The Morgan fingerprint density at radius 3 is 2.39 bits per heavy atom. The minimum atomic E-state index is -4.40. The second kappa shape index (κ2) is 12.7. The number of hydrogen-bond acceptors (Lipinski definition) is 6. The Bertz CT molecular complexity index is 1650. The molecule has 5 rings (SSSR count). The molecule has 6 nitrogen and oxygen atoms in total. The first-order valence-electron chi connectivity index (χ1n) is 12.9. The number of alkyl halides is 3. The molecule has 0 atom stereocenters. The quantitative estimate of drug-likeness (QED) is 0.154. The van der Waals surface area contributed by atoms with E-state index in [9.17, 15) is 18.0 Å². The molecular weight excluding hydrogens is 575 g/mol. The van der Waals surface area contributed by atoms with E-state index in [-0.39, 0.29) is 12.4 Å². The summed E-state index contributed by atoms with van der Waals surface area (Å²) in [5.41, 5.74) is 2.58. The number of ether oxygens (including phenoxy) is 1. The maximum absolute atomic E-state index is 13.1. The van der Waals surface area contributed by atoms with Crippen molar-refractivity contribution in [2.45, 2.75) is 44.9 Å². The molecule has 2 heterocycles. The number of aromatic nitrogens is 3. The lowest BCUT2D eigenvalue weighted by Gasteiger charge is -2.08. The summed E-state index contributed by atoms with van der Waals surface area (Å²) in [6.45, 7) is 0.216. The molecule has 0 radical (unpaired) electrons. The first-order valence-corrected chi connectivity index (χ1v) is 14.1. The van der Waals surface area contributed by atoms with Crippen LogP contribution in [0.4, 0.5) is 13.2 Å². The molecule has 41 heavy (non-hydrogen) atoms. The molecule has 0 saturated heterocycles. The highest BCUT2D eigenvalue weighted by atomic mass is 35.5. The Labute approximate surface area is 242 Å². The lowest BCUT2D eigenvalue weighted by Crippen LogP contribution is -2.03. The fourth-order valence-electron chi connectivity index (χ4n) is 4.33. The van der Waals surface area contributed by atoms with Crippen LogP contribution in [-0.4, -0.2) is 15.1 Å². The first-order chi connectivity index (χ1) is 19.8. The normalized spacial score (nSPS) is 11.6. The predicted molar refractivity (Wildman–Crippen MR) is 152 cm³/mol.